The van der Waals surface area contributed by atoms with E-state index in [2.05, 4.69) is 224 Å². The molecule has 7 nitrogen and oxygen atoms in total. The highest BCUT2D eigenvalue weighted by atomic mass is 15.2. The maximum atomic E-state index is 8.72. The normalized spacial score (nSPS) is 11.0. The van der Waals surface area contributed by atoms with Crippen LogP contribution in [0, 0.1) is 13.1 Å². The van der Waals surface area contributed by atoms with Crippen molar-refractivity contribution in [2.45, 2.75) is 0 Å². The minimum Gasteiger partial charge on any atom is -0.329 e. The zero-order valence-electron chi connectivity index (χ0n) is 42.8. The molecule has 0 saturated carbocycles. The van der Waals surface area contributed by atoms with Gasteiger partial charge in [0.2, 0.25) is 11.4 Å². The summed E-state index contributed by atoms with van der Waals surface area (Å²) in [5, 5.41) is 1.97. The maximum Gasteiger partial charge on any atom is 0.200 e. The summed E-state index contributed by atoms with van der Waals surface area (Å²) in [7, 11) is 0. The fraction of sp³-hybridized carbons (Fsp3) is 0. The second-order valence-electron chi connectivity index (χ2n) is 19.2. The highest BCUT2D eigenvalue weighted by Gasteiger charge is 2.24. The number of aromatic nitrogens is 3. The van der Waals surface area contributed by atoms with Gasteiger partial charge in [0.05, 0.1) is 41.3 Å². The van der Waals surface area contributed by atoms with Crippen LogP contribution in [-0.4, -0.2) is 14.5 Å². The average Bonchev–Trinajstić information content (AvgIpc) is 3.92. The summed E-state index contributed by atoms with van der Waals surface area (Å²) in [6.45, 7) is 17.4. The molecule has 370 valence electrons. The van der Waals surface area contributed by atoms with Crippen LogP contribution < -0.4 is 9.80 Å². The van der Waals surface area contributed by atoms with Gasteiger partial charge >= 0.3 is 0 Å². The van der Waals surface area contributed by atoms with Gasteiger partial charge in [0.25, 0.3) is 0 Å². The predicted molar refractivity (Wildman–Crippen MR) is 325 cm³/mol. The van der Waals surface area contributed by atoms with Gasteiger partial charge in [0.15, 0.2) is 5.82 Å². The SMILES string of the molecule is [C-]#[N+]c1cc(-c2ccc(-c3ccc(-c4cc(-c5ccccc5)nc(-c5ccccc5)n4)cc3)cc2)cc([N+]#[C-])c1-n1c2ccc(N(c3ccccc3)c3ccccc3)cc2c2cc(N(c3ccccc3)c3ccccc3)ccc21. The first-order valence-corrected chi connectivity index (χ1v) is 26.1. The Hall–Kier alpha value is -11.1. The van der Waals surface area contributed by atoms with E-state index in [1.165, 1.54) is 0 Å². The molecule has 0 atom stereocenters. The van der Waals surface area contributed by atoms with Gasteiger partial charge in [-0.05, 0) is 125 Å². The average molecular weight is 1010 g/mol. The van der Waals surface area contributed by atoms with Gasteiger partial charge in [-0.25, -0.2) is 19.7 Å². The molecule has 79 heavy (non-hydrogen) atoms. The fourth-order valence-corrected chi connectivity index (χ4v) is 10.6. The molecule has 0 radical (unpaired) electrons. The summed E-state index contributed by atoms with van der Waals surface area (Å²) < 4.78 is 2.12. The molecule has 0 unspecified atom stereocenters. The first kappa shape index (κ1) is 47.6. The molecule has 7 heteroatoms. The summed E-state index contributed by atoms with van der Waals surface area (Å²) in [6, 6.07) is 97.6. The highest BCUT2D eigenvalue weighted by molar-refractivity contribution is 6.13. The van der Waals surface area contributed by atoms with Crippen molar-refractivity contribution in [2.75, 3.05) is 9.80 Å². The second-order valence-corrected chi connectivity index (χ2v) is 19.2. The Morgan fingerprint density at radius 1 is 0.291 bits per heavy atom. The van der Waals surface area contributed by atoms with Crippen molar-refractivity contribution in [1.29, 1.82) is 0 Å². The zero-order valence-corrected chi connectivity index (χ0v) is 42.8. The standard InChI is InChI=1S/C72H47N7/c1-73-67-45-56(52-35-33-50(34-36-52)51-37-39-54(40-38-51)66-49-65(53-21-9-3-10-22-53)75-72(76-66)55-23-11-4-12-24-55)46-68(74-2)71(67)79-69-43-41-61(77(57-25-13-5-14-26-57)58-27-15-6-16-28-58)47-63(69)64-48-62(42-44-70(64)79)78(59-29-17-7-18-30-59)60-31-19-8-20-32-60/h3-49H. The number of hydrogen-bond acceptors (Lipinski definition) is 4. The minimum absolute atomic E-state index is 0.385. The lowest BCUT2D eigenvalue weighted by atomic mass is 9.98. The lowest BCUT2D eigenvalue weighted by Crippen LogP contribution is -2.09. The van der Waals surface area contributed by atoms with Crippen LogP contribution in [0.2, 0.25) is 0 Å². The van der Waals surface area contributed by atoms with E-state index in [1.54, 1.807) is 0 Å². The van der Waals surface area contributed by atoms with Gasteiger partial charge in [-0.1, -0.05) is 182 Å². The Balaban J connectivity index is 0.896. The van der Waals surface area contributed by atoms with Crippen molar-refractivity contribution in [3.05, 3.63) is 308 Å². The third-order valence-corrected chi connectivity index (χ3v) is 14.4. The first-order chi connectivity index (χ1) is 39.1. The Kier molecular flexibility index (Phi) is 12.6. The lowest BCUT2D eigenvalue weighted by molar-refractivity contribution is 1.18. The first-order valence-electron chi connectivity index (χ1n) is 26.1. The molecule has 0 amide bonds. The summed E-state index contributed by atoms with van der Waals surface area (Å²) in [4.78, 5) is 22.9. The van der Waals surface area contributed by atoms with Crippen LogP contribution >= 0.6 is 0 Å². The van der Waals surface area contributed by atoms with E-state index < -0.39 is 0 Å². The van der Waals surface area contributed by atoms with Crippen molar-refractivity contribution in [3.63, 3.8) is 0 Å². The van der Waals surface area contributed by atoms with Gasteiger partial charge in [-0.2, -0.15) is 0 Å². The van der Waals surface area contributed by atoms with Crippen molar-refractivity contribution in [2.24, 2.45) is 0 Å². The van der Waals surface area contributed by atoms with E-state index in [-0.39, 0.29) is 0 Å². The topological polar surface area (TPSA) is 45.9 Å². The number of anilines is 6. The molecule has 0 fully saturated rings. The number of benzene rings is 11. The van der Waals surface area contributed by atoms with Crippen LogP contribution in [0.15, 0.2) is 285 Å². The van der Waals surface area contributed by atoms with E-state index in [1.807, 2.05) is 84.9 Å². The van der Waals surface area contributed by atoms with E-state index >= 15 is 0 Å². The van der Waals surface area contributed by atoms with Crippen molar-refractivity contribution in [3.8, 4) is 61.8 Å². The summed E-state index contributed by atoms with van der Waals surface area (Å²) in [5.74, 6) is 0.676. The Labute approximate surface area is 459 Å². The molecular formula is C72H47N7. The van der Waals surface area contributed by atoms with Gasteiger partial charge < -0.3 is 14.4 Å². The molecule has 0 aliphatic rings. The predicted octanol–water partition coefficient (Wildman–Crippen LogP) is 19.9. The van der Waals surface area contributed by atoms with E-state index in [9.17, 15) is 0 Å². The van der Waals surface area contributed by atoms with Crippen LogP contribution in [0.25, 0.3) is 93.3 Å². The molecule has 0 bridgehead atoms. The zero-order chi connectivity index (χ0) is 53.1. The summed E-state index contributed by atoms with van der Waals surface area (Å²) in [6.07, 6.45) is 0. The summed E-state index contributed by atoms with van der Waals surface area (Å²) >= 11 is 0. The van der Waals surface area contributed by atoms with Crippen LogP contribution in [-0.2, 0) is 0 Å². The third kappa shape index (κ3) is 9.21. The van der Waals surface area contributed by atoms with Crippen LogP contribution in [0.3, 0.4) is 0 Å². The molecule has 0 aliphatic heterocycles. The summed E-state index contributed by atoms with van der Waals surface area (Å²) in [5.41, 5.74) is 17.6. The molecule has 0 N–H and O–H groups in total. The Bertz CT molecular complexity index is 4090. The van der Waals surface area contributed by atoms with E-state index in [0.29, 0.717) is 22.9 Å². The maximum absolute atomic E-state index is 8.72. The molecule has 0 spiro atoms. The monoisotopic (exact) mass is 1010 g/mol. The quantitative estimate of drug-likeness (QED) is 0.114. The van der Waals surface area contributed by atoms with Gasteiger partial charge in [0.1, 0.15) is 0 Å². The number of hydrogen-bond donors (Lipinski definition) is 0. The Morgan fingerprint density at radius 3 is 1.00 bits per heavy atom. The second kappa shape index (κ2) is 20.9. The van der Waals surface area contributed by atoms with Crippen LogP contribution in [0.5, 0.6) is 0 Å². The number of nitrogens with zero attached hydrogens (tertiary/aromatic N) is 7. The molecule has 11 aromatic carbocycles. The van der Waals surface area contributed by atoms with Crippen molar-refractivity contribution < 1.29 is 0 Å². The highest BCUT2D eigenvalue weighted by Crippen LogP contribution is 2.47. The lowest BCUT2D eigenvalue weighted by Gasteiger charge is -2.26. The smallest absolute Gasteiger partial charge is 0.200 e. The number of rotatable bonds is 12. The number of fused-ring (bicyclic) bond motifs is 3. The molecule has 13 aromatic rings. The number of para-hydroxylation sites is 4. The van der Waals surface area contributed by atoms with Crippen LogP contribution in [0.1, 0.15) is 0 Å². The molecule has 13 rings (SSSR count). The third-order valence-electron chi connectivity index (χ3n) is 14.4. The molecular weight excluding hydrogens is 963 g/mol. The molecule has 2 heterocycles. The van der Waals surface area contributed by atoms with Gasteiger partial charge in [-0.3, -0.25) is 0 Å². The molecule has 0 saturated heterocycles. The minimum atomic E-state index is 0.385. The Morgan fingerprint density at radius 2 is 0.620 bits per heavy atom. The van der Waals surface area contributed by atoms with Gasteiger partial charge in [0, 0.05) is 61.6 Å². The van der Waals surface area contributed by atoms with Crippen molar-refractivity contribution >= 4 is 67.3 Å². The van der Waals surface area contributed by atoms with Crippen LogP contribution in [0.4, 0.5) is 45.5 Å². The largest absolute Gasteiger partial charge is 0.329 e. The van der Waals surface area contributed by atoms with Crippen molar-refractivity contribution in [1.82, 2.24) is 14.5 Å². The molecule has 2 aromatic heterocycles. The van der Waals surface area contributed by atoms with Gasteiger partial charge in [-0.15, -0.1) is 0 Å². The van der Waals surface area contributed by atoms with E-state index in [0.717, 1.165) is 106 Å². The molecule has 0 aliphatic carbocycles. The van der Waals surface area contributed by atoms with E-state index in [4.69, 9.17) is 23.1 Å². The fourth-order valence-electron chi connectivity index (χ4n) is 10.6.